The molecule has 1 amide bonds. The summed E-state index contributed by atoms with van der Waals surface area (Å²) in [5.41, 5.74) is 0.749. The third kappa shape index (κ3) is 1.98. The average molecular weight is 188 g/mol. The Morgan fingerprint density at radius 2 is 2.50 bits per heavy atom. The molecule has 1 aromatic heterocycles. The van der Waals surface area contributed by atoms with E-state index in [4.69, 9.17) is 11.6 Å². The van der Waals surface area contributed by atoms with Gasteiger partial charge in [0.05, 0.1) is 6.42 Å². The number of carbonyl (C=O) groups excluding carboxylic acids is 1. The zero-order valence-electron chi connectivity index (χ0n) is 6.97. The Balaban J connectivity index is 2.75. The summed E-state index contributed by atoms with van der Waals surface area (Å²) in [5.74, 6) is -0.0649. The van der Waals surface area contributed by atoms with Crippen LogP contribution in [0.1, 0.15) is 5.56 Å². The zero-order chi connectivity index (χ0) is 9.14. The summed E-state index contributed by atoms with van der Waals surface area (Å²) in [6, 6.07) is 0. The number of aryl methyl sites for hydroxylation is 1. The van der Waals surface area contributed by atoms with Gasteiger partial charge in [-0.2, -0.15) is 5.10 Å². The molecule has 0 fully saturated rings. The van der Waals surface area contributed by atoms with E-state index in [-0.39, 0.29) is 12.3 Å². The van der Waals surface area contributed by atoms with Gasteiger partial charge >= 0.3 is 0 Å². The highest BCUT2D eigenvalue weighted by Gasteiger charge is 2.08. The quantitative estimate of drug-likeness (QED) is 0.727. The Bertz CT molecular complexity index is 295. The molecule has 0 aliphatic rings. The molecule has 12 heavy (non-hydrogen) atoms. The monoisotopic (exact) mass is 187 g/mol. The molecule has 0 saturated carbocycles. The lowest BCUT2D eigenvalue weighted by molar-refractivity contribution is -0.119. The first-order valence-corrected chi connectivity index (χ1v) is 3.90. The number of carbonyl (C=O) groups is 1. The molecule has 0 unspecified atom stereocenters. The molecule has 0 aromatic carbocycles. The van der Waals surface area contributed by atoms with Crippen molar-refractivity contribution in [2.45, 2.75) is 6.42 Å². The Hall–Kier alpha value is -1.03. The number of amides is 1. The van der Waals surface area contributed by atoms with E-state index in [1.165, 1.54) is 0 Å². The van der Waals surface area contributed by atoms with E-state index in [0.717, 1.165) is 5.56 Å². The molecule has 1 rings (SSSR count). The van der Waals surface area contributed by atoms with Crippen LogP contribution in [0, 0.1) is 0 Å². The summed E-state index contributed by atoms with van der Waals surface area (Å²) in [5, 5.41) is 6.81. The molecule has 1 N–H and O–H groups in total. The Morgan fingerprint density at radius 3 is 2.92 bits per heavy atom. The summed E-state index contributed by atoms with van der Waals surface area (Å²) in [4.78, 5) is 10.9. The normalized spacial score (nSPS) is 9.92. The minimum Gasteiger partial charge on any atom is -0.359 e. The van der Waals surface area contributed by atoms with Crippen molar-refractivity contribution in [1.82, 2.24) is 15.1 Å². The fourth-order valence-electron chi connectivity index (χ4n) is 0.890. The van der Waals surface area contributed by atoms with E-state index in [0.29, 0.717) is 5.15 Å². The highest BCUT2D eigenvalue weighted by molar-refractivity contribution is 6.30. The fourth-order valence-corrected chi connectivity index (χ4v) is 1.13. The van der Waals surface area contributed by atoms with E-state index in [1.807, 2.05) is 0 Å². The van der Waals surface area contributed by atoms with Crippen LogP contribution in [-0.4, -0.2) is 22.7 Å². The maximum atomic E-state index is 10.9. The lowest BCUT2D eigenvalue weighted by Crippen LogP contribution is -2.19. The molecular weight excluding hydrogens is 178 g/mol. The molecule has 0 radical (unpaired) electrons. The summed E-state index contributed by atoms with van der Waals surface area (Å²) in [7, 11) is 3.35. The summed E-state index contributed by atoms with van der Waals surface area (Å²) in [6.45, 7) is 0. The smallest absolute Gasteiger partial charge is 0.224 e. The second-order valence-corrected chi connectivity index (χ2v) is 2.83. The summed E-state index contributed by atoms with van der Waals surface area (Å²) < 4.78 is 1.58. The van der Waals surface area contributed by atoms with Crippen LogP contribution in [0.25, 0.3) is 0 Å². The lowest BCUT2D eigenvalue weighted by atomic mass is 10.2. The number of rotatable bonds is 2. The first kappa shape index (κ1) is 9.06. The van der Waals surface area contributed by atoms with Crippen molar-refractivity contribution >= 4 is 17.5 Å². The van der Waals surface area contributed by atoms with Gasteiger partial charge in [0.15, 0.2) is 5.15 Å². The Morgan fingerprint density at radius 1 is 1.83 bits per heavy atom. The molecule has 5 heteroatoms. The fraction of sp³-hybridized carbons (Fsp3) is 0.429. The SMILES string of the molecule is CNC(=O)Cc1cn(C)nc1Cl. The van der Waals surface area contributed by atoms with E-state index < -0.39 is 0 Å². The number of likely N-dealkylation sites (N-methyl/N-ethyl adjacent to an activating group) is 1. The number of aromatic nitrogens is 2. The van der Waals surface area contributed by atoms with E-state index in [1.54, 1.807) is 25.0 Å². The molecule has 0 aliphatic carbocycles. The van der Waals surface area contributed by atoms with Gasteiger partial charge in [-0.3, -0.25) is 9.48 Å². The minimum atomic E-state index is -0.0649. The van der Waals surface area contributed by atoms with Gasteiger partial charge < -0.3 is 5.32 Å². The third-order valence-electron chi connectivity index (χ3n) is 1.48. The second-order valence-electron chi connectivity index (χ2n) is 2.47. The predicted molar refractivity (Wildman–Crippen MR) is 46.0 cm³/mol. The zero-order valence-corrected chi connectivity index (χ0v) is 7.72. The van der Waals surface area contributed by atoms with Crippen molar-refractivity contribution in [3.05, 3.63) is 16.9 Å². The van der Waals surface area contributed by atoms with Crippen molar-refractivity contribution in [2.24, 2.45) is 7.05 Å². The van der Waals surface area contributed by atoms with Crippen molar-refractivity contribution < 1.29 is 4.79 Å². The van der Waals surface area contributed by atoms with Gasteiger partial charge in [0.1, 0.15) is 0 Å². The molecule has 1 aromatic rings. The van der Waals surface area contributed by atoms with Gasteiger partial charge in [-0.15, -0.1) is 0 Å². The van der Waals surface area contributed by atoms with Crippen LogP contribution in [0.4, 0.5) is 0 Å². The Labute approximate surface area is 75.5 Å². The maximum absolute atomic E-state index is 10.9. The molecule has 0 atom stereocenters. The van der Waals surface area contributed by atoms with Crippen LogP contribution >= 0.6 is 11.6 Å². The molecule has 0 spiro atoms. The van der Waals surface area contributed by atoms with E-state index >= 15 is 0 Å². The van der Waals surface area contributed by atoms with E-state index in [2.05, 4.69) is 10.4 Å². The standard InChI is InChI=1S/C7H10ClN3O/c1-9-6(12)3-5-4-11(2)10-7(5)8/h4H,3H2,1-2H3,(H,9,12). The average Bonchev–Trinajstić information content (AvgIpc) is 2.30. The maximum Gasteiger partial charge on any atom is 0.224 e. The number of hydrogen-bond acceptors (Lipinski definition) is 2. The number of halogens is 1. The van der Waals surface area contributed by atoms with Crippen LogP contribution in [0.2, 0.25) is 5.15 Å². The third-order valence-corrected chi connectivity index (χ3v) is 1.80. The molecule has 0 aliphatic heterocycles. The van der Waals surface area contributed by atoms with Crippen LogP contribution in [0.3, 0.4) is 0 Å². The van der Waals surface area contributed by atoms with Gasteiger partial charge in [-0.1, -0.05) is 11.6 Å². The first-order chi connectivity index (χ1) is 5.63. The van der Waals surface area contributed by atoms with Gasteiger partial charge in [0.25, 0.3) is 0 Å². The van der Waals surface area contributed by atoms with Gasteiger partial charge in [0, 0.05) is 25.9 Å². The highest BCUT2D eigenvalue weighted by Crippen LogP contribution is 2.12. The summed E-state index contributed by atoms with van der Waals surface area (Å²) in [6.07, 6.45) is 2.01. The van der Waals surface area contributed by atoms with Gasteiger partial charge in [-0.05, 0) is 0 Å². The number of nitrogens with one attached hydrogen (secondary N) is 1. The molecule has 0 bridgehead atoms. The number of nitrogens with zero attached hydrogens (tertiary/aromatic N) is 2. The molecule has 0 saturated heterocycles. The minimum absolute atomic E-state index is 0.0649. The van der Waals surface area contributed by atoms with Crippen molar-refractivity contribution in [3.8, 4) is 0 Å². The molecule has 66 valence electrons. The lowest BCUT2D eigenvalue weighted by Gasteiger charge is -1.95. The van der Waals surface area contributed by atoms with Crippen LogP contribution in [-0.2, 0) is 18.3 Å². The largest absolute Gasteiger partial charge is 0.359 e. The number of hydrogen-bond donors (Lipinski definition) is 1. The van der Waals surface area contributed by atoms with Crippen molar-refractivity contribution in [2.75, 3.05) is 7.05 Å². The van der Waals surface area contributed by atoms with Crippen LogP contribution in [0.15, 0.2) is 6.20 Å². The topological polar surface area (TPSA) is 46.9 Å². The van der Waals surface area contributed by atoms with Crippen LogP contribution in [0.5, 0.6) is 0 Å². The van der Waals surface area contributed by atoms with Gasteiger partial charge in [0.2, 0.25) is 5.91 Å². The molecular formula is C7H10ClN3O. The van der Waals surface area contributed by atoms with Crippen molar-refractivity contribution in [1.29, 1.82) is 0 Å². The molecule has 4 nitrogen and oxygen atoms in total. The summed E-state index contributed by atoms with van der Waals surface area (Å²) >= 11 is 5.73. The predicted octanol–water partition coefficient (Wildman–Crippen LogP) is 0.362. The first-order valence-electron chi connectivity index (χ1n) is 3.52. The van der Waals surface area contributed by atoms with Gasteiger partial charge in [-0.25, -0.2) is 0 Å². The molecule has 1 heterocycles. The van der Waals surface area contributed by atoms with E-state index in [9.17, 15) is 4.79 Å². The van der Waals surface area contributed by atoms with Crippen molar-refractivity contribution in [3.63, 3.8) is 0 Å². The van der Waals surface area contributed by atoms with Crippen LogP contribution < -0.4 is 5.32 Å². The highest BCUT2D eigenvalue weighted by atomic mass is 35.5. The Kier molecular flexibility index (Phi) is 2.70. The second kappa shape index (κ2) is 3.58.